The van der Waals surface area contributed by atoms with Gasteiger partial charge < -0.3 is 0 Å². The van der Waals surface area contributed by atoms with Crippen molar-refractivity contribution >= 4 is 0 Å². The molecule has 3 aliphatic carbocycles. The first-order chi connectivity index (χ1) is 27.5. The molecule has 2 heterocycles. The first kappa shape index (κ1) is 33.9. The lowest BCUT2D eigenvalue weighted by molar-refractivity contribution is 0.658. The predicted molar refractivity (Wildman–Crippen MR) is 236 cm³/mol. The fraction of sp³-hybridized carbons (Fsp3) is 0.164. The maximum atomic E-state index is 5.33. The summed E-state index contributed by atoms with van der Waals surface area (Å²) in [5, 5.41) is 0. The van der Waals surface area contributed by atoms with E-state index in [0.717, 1.165) is 33.9 Å². The molecule has 0 bridgehead atoms. The Balaban J connectivity index is 0.888. The van der Waals surface area contributed by atoms with Crippen LogP contribution in [0, 0.1) is 0 Å². The van der Waals surface area contributed by atoms with Crippen LogP contribution in [0.3, 0.4) is 0 Å². The summed E-state index contributed by atoms with van der Waals surface area (Å²) in [6.07, 6.45) is 0. The molecule has 3 aliphatic rings. The molecule has 0 spiro atoms. The molecule has 11 rings (SSSR count). The van der Waals surface area contributed by atoms with E-state index in [9.17, 15) is 0 Å². The average molecular weight is 733 g/mol. The van der Waals surface area contributed by atoms with Gasteiger partial charge >= 0.3 is 0 Å². The van der Waals surface area contributed by atoms with Gasteiger partial charge in [0.25, 0.3) is 0 Å². The van der Waals surface area contributed by atoms with Gasteiger partial charge in [0.2, 0.25) is 0 Å². The number of nitrogens with zero attached hydrogens (tertiary/aromatic N) is 2. The summed E-state index contributed by atoms with van der Waals surface area (Å²) < 4.78 is 0. The third kappa shape index (κ3) is 4.89. The van der Waals surface area contributed by atoms with Crippen molar-refractivity contribution in [3.05, 3.63) is 191 Å². The van der Waals surface area contributed by atoms with E-state index in [1.54, 1.807) is 0 Å². The molecule has 0 saturated heterocycles. The van der Waals surface area contributed by atoms with Gasteiger partial charge in [0.05, 0.1) is 22.8 Å². The Kier molecular flexibility index (Phi) is 7.03. The standard InChI is InChI=1S/C55H44N2/c1-53(2)43-13-9-7-11-39(43)41-25-23-37(31-47(41)53)33-15-19-35(20-16-33)49-29-27-45-51(56-49)52-46(55(45,5)6)28-30-50(57-52)36-21-17-34(18-22-36)38-24-26-42-40-12-8-10-14-44(40)54(3,4)48(42)32-38/h7-32H,1-6H3. The summed E-state index contributed by atoms with van der Waals surface area (Å²) in [6.45, 7) is 13.9. The molecular weight excluding hydrogens is 689 g/mol. The number of hydrogen-bond acceptors (Lipinski definition) is 2. The van der Waals surface area contributed by atoms with Crippen molar-refractivity contribution in [2.45, 2.75) is 57.8 Å². The van der Waals surface area contributed by atoms with Crippen molar-refractivity contribution in [3.8, 4) is 78.4 Å². The monoisotopic (exact) mass is 732 g/mol. The van der Waals surface area contributed by atoms with Crippen molar-refractivity contribution < 1.29 is 0 Å². The van der Waals surface area contributed by atoms with Gasteiger partial charge in [-0.1, -0.05) is 175 Å². The molecule has 0 N–H and O–H groups in total. The van der Waals surface area contributed by atoms with Crippen LogP contribution < -0.4 is 0 Å². The fourth-order valence-corrected chi connectivity index (χ4v) is 10.2. The Morgan fingerprint density at radius 2 is 0.614 bits per heavy atom. The van der Waals surface area contributed by atoms with Gasteiger partial charge in [0.1, 0.15) is 0 Å². The Morgan fingerprint density at radius 1 is 0.281 bits per heavy atom. The third-order valence-electron chi connectivity index (χ3n) is 13.6. The van der Waals surface area contributed by atoms with Gasteiger partial charge in [0, 0.05) is 27.4 Å². The SMILES string of the molecule is CC1(C)c2ccccc2-c2ccc(-c3ccc(-c4ccc5c(n4)-c4nc(-c6ccc(-c7ccc8c(c7)C(C)(C)c7ccccc7-8)cc6)ccc4C5(C)C)cc3)cc21. The number of pyridine rings is 2. The van der Waals surface area contributed by atoms with Crippen LogP contribution >= 0.6 is 0 Å². The van der Waals surface area contributed by atoms with Crippen molar-refractivity contribution in [1.29, 1.82) is 0 Å². The highest BCUT2D eigenvalue weighted by atomic mass is 14.8. The molecule has 2 aromatic heterocycles. The third-order valence-corrected chi connectivity index (χ3v) is 13.6. The fourth-order valence-electron chi connectivity index (χ4n) is 10.2. The van der Waals surface area contributed by atoms with E-state index in [1.807, 2.05) is 0 Å². The number of aromatic nitrogens is 2. The van der Waals surface area contributed by atoms with E-state index in [1.165, 1.54) is 77.9 Å². The van der Waals surface area contributed by atoms with Crippen molar-refractivity contribution in [1.82, 2.24) is 9.97 Å². The van der Waals surface area contributed by atoms with Crippen molar-refractivity contribution in [3.63, 3.8) is 0 Å². The normalized spacial score (nSPS) is 15.6. The molecule has 57 heavy (non-hydrogen) atoms. The summed E-state index contributed by atoms with van der Waals surface area (Å²) >= 11 is 0. The minimum absolute atomic E-state index is 0.0221. The van der Waals surface area contributed by atoms with E-state index in [2.05, 4.69) is 199 Å². The minimum Gasteiger partial charge on any atom is -0.246 e. The molecule has 2 nitrogen and oxygen atoms in total. The van der Waals surface area contributed by atoms with Crippen LogP contribution in [0.15, 0.2) is 158 Å². The van der Waals surface area contributed by atoms with Gasteiger partial charge in [-0.05, 0) is 102 Å². The summed E-state index contributed by atoms with van der Waals surface area (Å²) in [6, 6.07) is 58.2. The highest BCUT2D eigenvalue weighted by Crippen LogP contribution is 2.52. The molecule has 0 unspecified atom stereocenters. The van der Waals surface area contributed by atoms with Crippen LogP contribution in [0.25, 0.3) is 78.4 Å². The van der Waals surface area contributed by atoms with Crippen LogP contribution in [0.1, 0.15) is 74.9 Å². The zero-order chi connectivity index (χ0) is 38.8. The van der Waals surface area contributed by atoms with Crippen LogP contribution in [-0.2, 0) is 16.2 Å². The Labute approximate surface area is 336 Å². The van der Waals surface area contributed by atoms with Crippen LogP contribution in [0.4, 0.5) is 0 Å². The van der Waals surface area contributed by atoms with Crippen molar-refractivity contribution in [2.24, 2.45) is 0 Å². The number of rotatable bonds is 4. The van der Waals surface area contributed by atoms with Crippen LogP contribution in [0.5, 0.6) is 0 Å². The average Bonchev–Trinajstić information content (AvgIpc) is 3.72. The Morgan fingerprint density at radius 3 is 1.04 bits per heavy atom. The summed E-state index contributed by atoms with van der Waals surface area (Å²) in [5.74, 6) is 0. The predicted octanol–water partition coefficient (Wildman–Crippen LogP) is 14.1. The maximum Gasteiger partial charge on any atom is 0.0937 e. The highest BCUT2D eigenvalue weighted by Gasteiger charge is 2.39. The second kappa shape index (κ2) is 11.8. The summed E-state index contributed by atoms with van der Waals surface area (Å²) in [4.78, 5) is 10.7. The maximum absolute atomic E-state index is 5.33. The van der Waals surface area contributed by atoms with E-state index < -0.39 is 0 Å². The van der Waals surface area contributed by atoms with E-state index in [-0.39, 0.29) is 16.2 Å². The van der Waals surface area contributed by atoms with Gasteiger partial charge in [-0.3, -0.25) is 0 Å². The topological polar surface area (TPSA) is 25.8 Å². The first-order valence-corrected chi connectivity index (χ1v) is 20.2. The smallest absolute Gasteiger partial charge is 0.0937 e. The van der Waals surface area contributed by atoms with Crippen LogP contribution in [-0.4, -0.2) is 9.97 Å². The summed E-state index contributed by atoms with van der Waals surface area (Å²) in [5.41, 5.74) is 24.2. The number of fused-ring (bicyclic) bond motifs is 9. The zero-order valence-electron chi connectivity index (χ0n) is 33.4. The molecule has 0 saturated carbocycles. The second-order valence-corrected chi connectivity index (χ2v) is 17.8. The Bertz CT molecular complexity index is 2760. The van der Waals surface area contributed by atoms with E-state index in [4.69, 9.17) is 9.97 Å². The van der Waals surface area contributed by atoms with E-state index >= 15 is 0 Å². The lowest BCUT2D eigenvalue weighted by Crippen LogP contribution is -2.15. The number of benzene rings is 6. The van der Waals surface area contributed by atoms with Gasteiger partial charge in [-0.25, -0.2) is 9.97 Å². The van der Waals surface area contributed by atoms with Gasteiger partial charge in [-0.2, -0.15) is 0 Å². The molecule has 0 amide bonds. The second-order valence-electron chi connectivity index (χ2n) is 17.8. The largest absolute Gasteiger partial charge is 0.246 e. The highest BCUT2D eigenvalue weighted by molar-refractivity contribution is 5.86. The van der Waals surface area contributed by atoms with Crippen LogP contribution in [0.2, 0.25) is 0 Å². The summed E-state index contributed by atoms with van der Waals surface area (Å²) in [7, 11) is 0. The molecule has 0 fully saturated rings. The first-order valence-electron chi connectivity index (χ1n) is 20.2. The van der Waals surface area contributed by atoms with Gasteiger partial charge in [0.15, 0.2) is 0 Å². The molecule has 6 aromatic carbocycles. The molecule has 0 atom stereocenters. The Hall–Kier alpha value is -6.38. The number of hydrogen-bond donors (Lipinski definition) is 0. The minimum atomic E-state index is -0.183. The molecule has 0 aliphatic heterocycles. The molecule has 2 heteroatoms. The molecular formula is C55H44N2. The molecule has 274 valence electrons. The van der Waals surface area contributed by atoms with E-state index in [0.29, 0.717) is 0 Å². The van der Waals surface area contributed by atoms with Crippen molar-refractivity contribution in [2.75, 3.05) is 0 Å². The zero-order valence-corrected chi connectivity index (χ0v) is 33.4. The van der Waals surface area contributed by atoms with Gasteiger partial charge in [-0.15, -0.1) is 0 Å². The molecule has 0 radical (unpaired) electrons. The molecule has 8 aromatic rings. The lowest BCUT2D eigenvalue weighted by Gasteiger charge is -2.22. The quantitative estimate of drug-likeness (QED) is 0.180. The lowest BCUT2D eigenvalue weighted by atomic mass is 9.81.